The number of fused-ring (bicyclic) bond motifs is 1. The molecule has 0 aromatic heterocycles. The molecule has 3 rings (SSSR count). The quantitative estimate of drug-likeness (QED) is 0.746. The maximum absolute atomic E-state index is 12.5. The summed E-state index contributed by atoms with van der Waals surface area (Å²) in [6.07, 6.45) is 5.68. The Morgan fingerprint density at radius 1 is 1.09 bits per heavy atom. The molecule has 0 fully saturated rings. The summed E-state index contributed by atoms with van der Waals surface area (Å²) < 4.78 is 0. The molecule has 0 saturated carbocycles. The average molecular weight is 305 g/mol. The molecule has 0 bridgehead atoms. The van der Waals surface area contributed by atoms with E-state index in [1.54, 1.807) is 6.08 Å². The van der Waals surface area contributed by atoms with E-state index in [9.17, 15) is 4.79 Å². The third-order valence-electron chi connectivity index (χ3n) is 4.40. The number of aryl methyl sites for hydroxylation is 1. The molecular formula is C21H23NO. The third-order valence-corrected chi connectivity index (χ3v) is 4.40. The second-order valence-corrected chi connectivity index (χ2v) is 6.38. The average Bonchev–Trinajstić information content (AvgIpc) is 2.59. The number of para-hydroxylation sites is 1. The minimum Gasteiger partial charge on any atom is -0.309 e. The summed E-state index contributed by atoms with van der Waals surface area (Å²) in [7, 11) is 0. The monoisotopic (exact) mass is 305 g/mol. The highest BCUT2D eigenvalue weighted by Crippen LogP contribution is 2.27. The number of amides is 1. The molecule has 1 heterocycles. The van der Waals surface area contributed by atoms with Crippen LogP contribution in [0.15, 0.2) is 54.6 Å². The molecule has 0 unspecified atom stereocenters. The van der Waals surface area contributed by atoms with Crippen LogP contribution in [0.5, 0.6) is 0 Å². The summed E-state index contributed by atoms with van der Waals surface area (Å²) in [5.74, 6) is 0.588. The van der Waals surface area contributed by atoms with Crippen LogP contribution in [0.25, 0.3) is 6.08 Å². The van der Waals surface area contributed by atoms with Crippen LogP contribution in [-0.2, 0) is 11.2 Å². The van der Waals surface area contributed by atoms with Crippen molar-refractivity contribution in [2.75, 3.05) is 11.4 Å². The Balaban J connectivity index is 1.74. The van der Waals surface area contributed by atoms with Gasteiger partial charge in [0, 0.05) is 18.3 Å². The lowest BCUT2D eigenvalue weighted by molar-refractivity contribution is -0.114. The zero-order valence-corrected chi connectivity index (χ0v) is 13.8. The van der Waals surface area contributed by atoms with Gasteiger partial charge in [-0.15, -0.1) is 0 Å². The Kier molecular flexibility index (Phi) is 4.61. The van der Waals surface area contributed by atoms with Gasteiger partial charge in [0.1, 0.15) is 0 Å². The summed E-state index contributed by atoms with van der Waals surface area (Å²) in [5, 5.41) is 0. The lowest BCUT2D eigenvalue weighted by Gasteiger charge is -2.28. The maximum Gasteiger partial charge on any atom is 0.250 e. The van der Waals surface area contributed by atoms with Crippen LogP contribution in [-0.4, -0.2) is 12.5 Å². The summed E-state index contributed by atoms with van der Waals surface area (Å²) in [6, 6.07) is 16.6. The summed E-state index contributed by atoms with van der Waals surface area (Å²) >= 11 is 0. The van der Waals surface area contributed by atoms with Gasteiger partial charge in [0.2, 0.25) is 0 Å². The van der Waals surface area contributed by atoms with E-state index in [4.69, 9.17) is 0 Å². The molecule has 0 saturated heterocycles. The number of hydrogen-bond acceptors (Lipinski definition) is 1. The Morgan fingerprint density at radius 2 is 1.83 bits per heavy atom. The lowest BCUT2D eigenvalue weighted by Crippen LogP contribution is -2.34. The van der Waals surface area contributed by atoms with E-state index in [2.05, 4.69) is 44.2 Å². The molecule has 1 aliphatic heterocycles. The number of carbonyl (C=O) groups is 1. The lowest BCUT2D eigenvalue weighted by atomic mass is 10.0. The Morgan fingerprint density at radius 3 is 2.57 bits per heavy atom. The third kappa shape index (κ3) is 3.53. The van der Waals surface area contributed by atoms with Gasteiger partial charge >= 0.3 is 0 Å². The van der Waals surface area contributed by atoms with Crippen LogP contribution in [0.2, 0.25) is 0 Å². The Labute approximate surface area is 138 Å². The number of anilines is 1. The maximum atomic E-state index is 12.5. The van der Waals surface area contributed by atoms with Crippen molar-refractivity contribution >= 4 is 17.7 Å². The van der Waals surface area contributed by atoms with Gasteiger partial charge in [-0.2, -0.15) is 0 Å². The molecule has 1 amide bonds. The van der Waals surface area contributed by atoms with Gasteiger partial charge in [-0.1, -0.05) is 56.3 Å². The summed E-state index contributed by atoms with van der Waals surface area (Å²) in [5.41, 5.74) is 4.71. The van der Waals surface area contributed by atoms with E-state index >= 15 is 0 Å². The fraction of sp³-hybridized carbons (Fsp3) is 0.286. The largest absolute Gasteiger partial charge is 0.309 e. The van der Waals surface area contributed by atoms with Gasteiger partial charge < -0.3 is 4.90 Å². The van der Waals surface area contributed by atoms with Crippen LogP contribution in [0.1, 0.15) is 42.9 Å². The molecular weight excluding hydrogens is 282 g/mol. The highest BCUT2D eigenvalue weighted by molar-refractivity contribution is 6.04. The van der Waals surface area contributed by atoms with Crippen LogP contribution < -0.4 is 4.90 Å². The van der Waals surface area contributed by atoms with Crippen molar-refractivity contribution in [3.8, 4) is 0 Å². The minimum atomic E-state index is 0.0603. The molecule has 2 aromatic carbocycles. The normalized spacial score (nSPS) is 14.3. The van der Waals surface area contributed by atoms with Crippen molar-refractivity contribution in [3.63, 3.8) is 0 Å². The first-order valence-electron chi connectivity index (χ1n) is 8.32. The first-order valence-corrected chi connectivity index (χ1v) is 8.32. The van der Waals surface area contributed by atoms with Crippen molar-refractivity contribution in [2.24, 2.45) is 0 Å². The molecule has 0 atom stereocenters. The second kappa shape index (κ2) is 6.82. The molecule has 2 nitrogen and oxygen atoms in total. The number of hydrogen-bond donors (Lipinski definition) is 0. The molecule has 2 heteroatoms. The zero-order valence-electron chi connectivity index (χ0n) is 13.8. The smallest absolute Gasteiger partial charge is 0.250 e. The van der Waals surface area contributed by atoms with Crippen molar-refractivity contribution in [2.45, 2.75) is 32.6 Å². The number of benzene rings is 2. The first kappa shape index (κ1) is 15.5. The van der Waals surface area contributed by atoms with Crippen LogP contribution in [0.3, 0.4) is 0 Å². The van der Waals surface area contributed by atoms with Gasteiger partial charge in [0.05, 0.1) is 0 Å². The van der Waals surface area contributed by atoms with Crippen molar-refractivity contribution in [1.29, 1.82) is 0 Å². The molecule has 118 valence electrons. The number of carbonyl (C=O) groups excluding carboxylic acids is 1. The van der Waals surface area contributed by atoms with E-state index in [0.29, 0.717) is 5.92 Å². The van der Waals surface area contributed by atoms with Gasteiger partial charge in [-0.05, 0) is 47.6 Å². The molecule has 0 spiro atoms. The first-order chi connectivity index (χ1) is 11.1. The zero-order chi connectivity index (χ0) is 16.2. The number of rotatable bonds is 3. The van der Waals surface area contributed by atoms with Crippen molar-refractivity contribution in [1.82, 2.24) is 0 Å². The van der Waals surface area contributed by atoms with E-state index < -0.39 is 0 Å². The molecule has 23 heavy (non-hydrogen) atoms. The fourth-order valence-electron chi connectivity index (χ4n) is 3.01. The molecule has 1 aliphatic rings. The highest BCUT2D eigenvalue weighted by atomic mass is 16.2. The molecule has 2 aromatic rings. The van der Waals surface area contributed by atoms with Gasteiger partial charge in [0.15, 0.2) is 0 Å². The molecule has 0 aliphatic carbocycles. The van der Waals surface area contributed by atoms with E-state index in [0.717, 1.165) is 30.6 Å². The SMILES string of the molecule is CC(C)c1ccc(/C=C/C(=O)N2CCCc3ccccc32)cc1. The standard InChI is InChI=1S/C21H23NO/c1-16(2)18-12-9-17(10-13-18)11-14-21(23)22-15-5-7-19-6-3-4-8-20(19)22/h3-4,6,8-14,16H,5,7,15H2,1-2H3/b14-11+. The summed E-state index contributed by atoms with van der Waals surface area (Å²) in [6.45, 7) is 5.16. The van der Waals surface area contributed by atoms with Gasteiger partial charge in [-0.3, -0.25) is 4.79 Å². The molecule has 0 radical (unpaired) electrons. The van der Waals surface area contributed by atoms with E-state index in [-0.39, 0.29) is 5.91 Å². The van der Waals surface area contributed by atoms with Gasteiger partial charge in [0.25, 0.3) is 5.91 Å². The Bertz CT molecular complexity index is 713. The van der Waals surface area contributed by atoms with Crippen LogP contribution in [0, 0.1) is 0 Å². The molecule has 0 N–H and O–H groups in total. The van der Waals surface area contributed by atoms with Gasteiger partial charge in [-0.25, -0.2) is 0 Å². The van der Waals surface area contributed by atoms with Crippen molar-refractivity contribution in [3.05, 3.63) is 71.3 Å². The van der Waals surface area contributed by atoms with E-state index in [1.165, 1.54) is 11.1 Å². The number of nitrogens with zero attached hydrogens (tertiary/aromatic N) is 1. The minimum absolute atomic E-state index is 0.0603. The van der Waals surface area contributed by atoms with Crippen molar-refractivity contribution < 1.29 is 4.79 Å². The highest BCUT2D eigenvalue weighted by Gasteiger charge is 2.20. The van der Waals surface area contributed by atoms with E-state index in [1.807, 2.05) is 29.2 Å². The predicted octanol–water partition coefficient (Wildman–Crippen LogP) is 4.80. The Hall–Kier alpha value is -2.35. The second-order valence-electron chi connectivity index (χ2n) is 6.38. The predicted molar refractivity (Wildman–Crippen MR) is 96.7 cm³/mol. The van der Waals surface area contributed by atoms with Crippen LogP contribution in [0.4, 0.5) is 5.69 Å². The fourth-order valence-corrected chi connectivity index (χ4v) is 3.01. The summed E-state index contributed by atoms with van der Waals surface area (Å²) in [4.78, 5) is 14.4. The topological polar surface area (TPSA) is 20.3 Å². The van der Waals surface area contributed by atoms with Crippen LogP contribution >= 0.6 is 0 Å².